The summed E-state index contributed by atoms with van der Waals surface area (Å²) in [6.07, 6.45) is 4.07. The maximum Gasteiger partial charge on any atom is 0.115 e. The number of hydrogen-bond acceptors (Lipinski definition) is 2. The third-order valence-corrected chi connectivity index (χ3v) is 3.35. The van der Waals surface area contributed by atoms with Crippen molar-refractivity contribution in [2.24, 2.45) is 5.41 Å². The van der Waals surface area contributed by atoms with Crippen molar-refractivity contribution >= 4 is 12.4 Å². The monoisotopic (exact) mass is 241 g/mol. The number of rotatable bonds is 4. The van der Waals surface area contributed by atoms with Gasteiger partial charge in [-0.05, 0) is 36.0 Å². The summed E-state index contributed by atoms with van der Waals surface area (Å²) in [5, 5.41) is 12.8. The molecule has 0 amide bonds. The Labute approximate surface area is 103 Å². The Bertz CT molecular complexity index is 336. The number of phenolic OH excluding ortho intramolecular Hbond substituents is 1. The molecule has 1 aliphatic rings. The van der Waals surface area contributed by atoms with Gasteiger partial charge in [0.15, 0.2) is 0 Å². The number of benzene rings is 1. The highest BCUT2D eigenvalue weighted by atomic mass is 35.5. The van der Waals surface area contributed by atoms with Crippen molar-refractivity contribution in [3.63, 3.8) is 0 Å². The molecule has 0 atom stereocenters. The van der Waals surface area contributed by atoms with Crippen LogP contribution in [0.25, 0.3) is 0 Å². The molecule has 90 valence electrons. The van der Waals surface area contributed by atoms with E-state index in [4.69, 9.17) is 0 Å². The van der Waals surface area contributed by atoms with E-state index in [1.54, 1.807) is 6.07 Å². The molecule has 0 radical (unpaired) electrons. The van der Waals surface area contributed by atoms with Crippen LogP contribution in [0.2, 0.25) is 0 Å². The summed E-state index contributed by atoms with van der Waals surface area (Å²) in [5.41, 5.74) is 1.68. The average molecular weight is 242 g/mol. The van der Waals surface area contributed by atoms with Gasteiger partial charge in [0.05, 0.1) is 0 Å². The van der Waals surface area contributed by atoms with Crippen molar-refractivity contribution in [1.29, 1.82) is 0 Å². The fraction of sp³-hybridized carbons (Fsp3) is 0.538. The van der Waals surface area contributed by atoms with Gasteiger partial charge in [-0.15, -0.1) is 12.4 Å². The van der Waals surface area contributed by atoms with E-state index in [0.29, 0.717) is 11.2 Å². The van der Waals surface area contributed by atoms with E-state index in [1.807, 2.05) is 18.2 Å². The molecule has 1 aromatic rings. The molecular formula is C13H20ClNO. The molecule has 1 saturated carbocycles. The Morgan fingerprint density at radius 1 is 1.38 bits per heavy atom. The first-order valence-corrected chi connectivity index (χ1v) is 5.67. The number of hydrogen-bond donors (Lipinski definition) is 2. The first-order chi connectivity index (χ1) is 7.18. The first-order valence-electron chi connectivity index (χ1n) is 5.67. The number of halogens is 1. The minimum absolute atomic E-state index is 0. The smallest absolute Gasteiger partial charge is 0.115 e. The quantitative estimate of drug-likeness (QED) is 0.849. The van der Waals surface area contributed by atoms with Crippen LogP contribution in [0.3, 0.4) is 0 Å². The van der Waals surface area contributed by atoms with Crippen LogP contribution in [0.1, 0.15) is 31.7 Å². The van der Waals surface area contributed by atoms with E-state index < -0.39 is 0 Å². The lowest BCUT2D eigenvalue weighted by Gasteiger charge is -2.38. The molecule has 0 bridgehead atoms. The van der Waals surface area contributed by atoms with Crippen LogP contribution >= 0.6 is 12.4 Å². The summed E-state index contributed by atoms with van der Waals surface area (Å²) < 4.78 is 0. The lowest BCUT2D eigenvalue weighted by molar-refractivity contribution is 0.156. The summed E-state index contributed by atoms with van der Waals surface area (Å²) in [7, 11) is 0. The molecule has 2 N–H and O–H groups in total. The zero-order valence-electron chi connectivity index (χ0n) is 9.70. The molecule has 2 nitrogen and oxygen atoms in total. The van der Waals surface area contributed by atoms with Crippen LogP contribution in [0.4, 0.5) is 0 Å². The van der Waals surface area contributed by atoms with Gasteiger partial charge < -0.3 is 10.4 Å². The third-order valence-electron chi connectivity index (χ3n) is 3.35. The minimum Gasteiger partial charge on any atom is -0.508 e. The van der Waals surface area contributed by atoms with E-state index >= 15 is 0 Å². The zero-order valence-corrected chi connectivity index (χ0v) is 10.5. The zero-order chi connectivity index (χ0) is 10.7. The predicted molar refractivity (Wildman–Crippen MR) is 69.0 cm³/mol. The van der Waals surface area contributed by atoms with Crippen molar-refractivity contribution in [3.8, 4) is 5.75 Å². The maximum absolute atomic E-state index is 9.30. The molecule has 0 aliphatic heterocycles. The van der Waals surface area contributed by atoms with Gasteiger partial charge in [0, 0.05) is 13.1 Å². The summed E-state index contributed by atoms with van der Waals surface area (Å²) in [4.78, 5) is 0. The number of phenols is 1. The molecule has 0 unspecified atom stereocenters. The molecule has 1 fully saturated rings. The second kappa shape index (κ2) is 5.55. The van der Waals surface area contributed by atoms with Gasteiger partial charge in [0.1, 0.15) is 5.75 Å². The summed E-state index contributed by atoms with van der Waals surface area (Å²) in [6, 6.07) is 7.44. The molecule has 0 heterocycles. The van der Waals surface area contributed by atoms with E-state index in [1.165, 1.54) is 19.3 Å². The van der Waals surface area contributed by atoms with Crippen molar-refractivity contribution in [2.75, 3.05) is 6.54 Å². The Morgan fingerprint density at radius 3 is 2.69 bits per heavy atom. The third kappa shape index (κ3) is 3.39. The van der Waals surface area contributed by atoms with Gasteiger partial charge in [-0.3, -0.25) is 0 Å². The summed E-state index contributed by atoms with van der Waals surface area (Å²) in [6.45, 7) is 4.28. The second-order valence-electron chi connectivity index (χ2n) is 4.94. The molecule has 1 aliphatic carbocycles. The Hall–Kier alpha value is -0.730. The van der Waals surface area contributed by atoms with E-state index in [9.17, 15) is 5.11 Å². The lowest BCUT2D eigenvalue weighted by Crippen LogP contribution is -2.36. The van der Waals surface area contributed by atoms with Crippen LogP contribution in [0.15, 0.2) is 24.3 Å². The fourth-order valence-electron chi connectivity index (χ4n) is 2.13. The molecule has 0 aromatic heterocycles. The highest BCUT2D eigenvalue weighted by Gasteiger charge is 2.30. The summed E-state index contributed by atoms with van der Waals surface area (Å²) in [5.74, 6) is 0.351. The maximum atomic E-state index is 9.30. The molecule has 1 aromatic carbocycles. The minimum atomic E-state index is 0. The normalized spacial score (nSPS) is 17.3. The van der Waals surface area contributed by atoms with Gasteiger partial charge >= 0.3 is 0 Å². The largest absolute Gasteiger partial charge is 0.508 e. The number of nitrogens with one attached hydrogen (secondary N) is 1. The van der Waals surface area contributed by atoms with Crippen molar-refractivity contribution in [3.05, 3.63) is 29.8 Å². The number of aromatic hydroxyl groups is 1. The van der Waals surface area contributed by atoms with E-state index in [-0.39, 0.29) is 12.4 Å². The molecule has 3 heteroatoms. The van der Waals surface area contributed by atoms with Gasteiger partial charge in [0.25, 0.3) is 0 Å². The van der Waals surface area contributed by atoms with Crippen LogP contribution in [0, 0.1) is 5.41 Å². The van der Waals surface area contributed by atoms with Gasteiger partial charge in [-0.1, -0.05) is 25.5 Å². The molecule has 16 heavy (non-hydrogen) atoms. The van der Waals surface area contributed by atoms with Crippen LogP contribution in [-0.4, -0.2) is 11.7 Å². The van der Waals surface area contributed by atoms with Crippen LogP contribution in [-0.2, 0) is 6.54 Å². The standard InChI is InChI=1S/C13H19NO.ClH/c1-13(6-3-7-13)10-14-9-11-4-2-5-12(15)8-11;/h2,4-5,8,14-15H,3,6-7,9-10H2,1H3;1H. The molecule has 0 saturated heterocycles. The van der Waals surface area contributed by atoms with Crippen molar-refractivity contribution in [1.82, 2.24) is 5.32 Å². The van der Waals surface area contributed by atoms with Gasteiger partial charge in [-0.25, -0.2) is 0 Å². The topological polar surface area (TPSA) is 32.3 Å². The van der Waals surface area contributed by atoms with Crippen molar-refractivity contribution in [2.45, 2.75) is 32.7 Å². The van der Waals surface area contributed by atoms with Crippen molar-refractivity contribution < 1.29 is 5.11 Å². The molecular weight excluding hydrogens is 222 g/mol. The first kappa shape index (κ1) is 13.3. The fourth-order valence-corrected chi connectivity index (χ4v) is 2.13. The van der Waals surface area contributed by atoms with Gasteiger partial charge in [-0.2, -0.15) is 0 Å². The van der Waals surface area contributed by atoms with E-state index in [0.717, 1.165) is 18.7 Å². The lowest BCUT2D eigenvalue weighted by atomic mass is 9.70. The van der Waals surface area contributed by atoms with Crippen LogP contribution < -0.4 is 5.32 Å². The average Bonchev–Trinajstić information content (AvgIpc) is 2.15. The Kier molecular flexibility index (Phi) is 4.63. The van der Waals surface area contributed by atoms with Gasteiger partial charge in [0.2, 0.25) is 0 Å². The SMILES string of the molecule is CC1(CNCc2cccc(O)c2)CCC1.Cl. The molecule has 0 spiro atoms. The Morgan fingerprint density at radius 2 is 2.12 bits per heavy atom. The van der Waals surface area contributed by atoms with Crippen LogP contribution in [0.5, 0.6) is 5.75 Å². The predicted octanol–water partition coefficient (Wildman–Crippen LogP) is 3.09. The van der Waals surface area contributed by atoms with E-state index in [2.05, 4.69) is 12.2 Å². The molecule has 2 rings (SSSR count). The summed E-state index contributed by atoms with van der Waals surface area (Å²) >= 11 is 0. The second-order valence-corrected chi connectivity index (χ2v) is 4.94. The highest BCUT2D eigenvalue weighted by Crippen LogP contribution is 2.39. The Balaban J connectivity index is 0.00000128. The highest BCUT2D eigenvalue weighted by molar-refractivity contribution is 5.85.